The van der Waals surface area contributed by atoms with Crippen molar-refractivity contribution in [2.75, 3.05) is 20.0 Å². The van der Waals surface area contributed by atoms with Gasteiger partial charge in [-0.3, -0.25) is 14.2 Å². The van der Waals surface area contributed by atoms with Crippen LogP contribution in [0, 0.1) is 5.92 Å². The highest BCUT2D eigenvalue weighted by atomic mass is 32.2. The Morgan fingerprint density at radius 2 is 1.87 bits per heavy atom. The van der Waals surface area contributed by atoms with Crippen molar-refractivity contribution in [1.29, 1.82) is 0 Å². The van der Waals surface area contributed by atoms with Crippen LogP contribution in [0.3, 0.4) is 0 Å². The molecule has 0 bridgehead atoms. The second kappa shape index (κ2) is 9.87. The molecular weight excluding hydrogens is 414 g/mol. The second-order valence-electron chi connectivity index (χ2n) is 7.48. The minimum absolute atomic E-state index is 0.0540. The summed E-state index contributed by atoms with van der Waals surface area (Å²) in [7, 11) is 3.10. The van der Waals surface area contributed by atoms with Crippen molar-refractivity contribution in [3.8, 4) is 17.2 Å². The van der Waals surface area contributed by atoms with Crippen molar-refractivity contribution in [2.24, 2.45) is 5.92 Å². The lowest BCUT2D eigenvalue weighted by atomic mass is 10.1. The van der Waals surface area contributed by atoms with Crippen LogP contribution in [0.15, 0.2) is 52.4 Å². The highest BCUT2D eigenvalue weighted by Crippen LogP contribution is 2.30. The number of ether oxygens (including phenoxy) is 2. The molecular formula is C23H27N3O4S. The number of thioether (sulfide) groups is 1. The van der Waals surface area contributed by atoms with Crippen LogP contribution in [0.4, 0.5) is 0 Å². The van der Waals surface area contributed by atoms with E-state index < -0.39 is 0 Å². The fourth-order valence-corrected chi connectivity index (χ4v) is 3.80. The molecule has 1 N–H and O–H groups in total. The molecule has 0 aliphatic rings. The van der Waals surface area contributed by atoms with Crippen LogP contribution in [0.1, 0.15) is 20.8 Å². The molecule has 0 saturated carbocycles. The van der Waals surface area contributed by atoms with E-state index in [4.69, 9.17) is 9.47 Å². The van der Waals surface area contributed by atoms with Crippen molar-refractivity contribution in [2.45, 2.75) is 32.0 Å². The first kappa shape index (κ1) is 22.7. The third-order valence-electron chi connectivity index (χ3n) is 5.09. The van der Waals surface area contributed by atoms with Gasteiger partial charge in [0.2, 0.25) is 5.91 Å². The predicted molar refractivity (Wildman–Crippen MR) is 124 cm³/mol. The predicted octanol–water partition coefficient (Wildman–Crippen LogP) is 3.66. The summed E-state index contributed by atoms with van der Waals surface area (Å²) in [6, 6.07) is 12.4. The summed E-state index contributed by atoms with van der Waals surface area (Å²) in [6.45, 7) is 6.07. The quantitative estimate of drug-likeness (QED) is 0.424. The average molecular weight is 442 g/mol. The fraction of sp³-hybridized carbons (Fsp3) is 0.348. The normalized spacial score (nSPS) is 12.1. The Kier molecular flexibility index (Phi) is 7.22. The number of nitrogens with zero attached hydrogens (tertiary/aromatic N) is 2. The summed E-state index contributed by atoms with van der Waals surface area (Å²) in [4.78, 5) is 30.6. The maximum atomic E-state index is 13.4. The number of nitrogens with one attached hydrogen (secondary N) is 1. The lowest BCUT2D eigenvalue weighted by Gasteiger charge is -2.18. The van der Waals surface area contributed by atoms with Crippen molar-refractivity contribution in [3.05, 3.63) is 52.8 Å². The number of aromatic nitrogens is 2. The molecule has 3 aromatic rings. The van der Waals surface area contributed by atoms with Gasteiger partial charge in [-0.05, 0) is 37.1 Å². The lowest BCUT2D eigenvalue weighted by Crippen LogP contribution is -2.37. The van der Waals surface area contributed by atoms with E-state index in [-0.39, 0.29) is 23.3 Å². The molecule has 2 aromatic carbocycles. The summed E-state index contributed by atoms with van der Waals surface area (Å²) in [5, 5.41) is 3.87. The Balaban J connectivity index is 2.09. The Morgan fingerprint density at radius 3 is 2.55 bits per heavy atom. The van der Waals surface area contributed by atoms with Gasteiger partial charge in [0.25, 0.3) is 5.56 Å². The van der Waals surface area contributed by atoms with Crippen LogP contribution in [-0.2, 0) is 4.79 Å². The summed E-state index contributed by atoms with van der Waals surface area (Å²) >= 11 is 1.21. The van der Waals surface area contributed by atoms with E-state index in [0.29, 0.717) is 39.2 Å². The maximum absolute atomic E-state index is 13.4. The molecule has 31 heavy (non-hydrogen) atoms. The van der Waals surface area contributed by atoms with Gasteiger partial charge in [-0.25, -0.2) is 4.98 Å². The van der Waals surface area contributed by atoms with Gasteiger partial charge in [-0.15, -0.1) is 0 Å². The van der Waals surface area contributed by atoms with Crippen LogP contribution < -0.4 is 20.3 Å². The number of hydrogen-bond acceptors (Lipinski definition) is 6. The van der Waals surface area contributed by atoms with E-state index in [0.717, 1.165) is 0 Å². The van der Waals surface area contributed by atoms with Crippen LogP contribution >= 0.6 is 11.8 Å². The summed E-state index contributed by atoms with van der Waals surface area (Å²) in [5.41, 5.74) is 0.836. The SMILES string of the molecule is COc1ccc(OC)c(-n2c(SCC(=O)N[C@@H](C)C(C)C)nc3ccccc3c2=O)c1. The number of hydrogen-bond donors (Lipinski definition) is 1. The lowest BCUT2D eigenvalue weighted by molar-refractivity contribution is -0.119. The molecule has 164 valence electrons. The zero-order chi connectivity index (χ0) is 22.5. The Hall–Kier alpha value is -3.00. The summed E-state index contributed by atoms with van der Waals surface area (Å²) in [6.07, 6.45) is 0. The molecule has 0 fully saturated rings. The Labute approximate surface area is 185 Å². The minimum atomic E-state index is -0.240. The minimum Gasteiger partial charge on any atom is -0.497 e. The molecule has 1 aromatic heterocycles. The first-order chi connectivity index (χ1) is 14.8. The molecule has 3 rings (SSSR count). The first-order valence-corrected chi connectivity index (χ1v) is 11.0. The van der Waals surface area contributed by atoms with E-state index in [2.05, 4.69) is 24.1 Å². The molecule has 1 amide bonds. The molecule has 1 heterocycles. The maximum Gasteiger partial charge on any atom is 0.266 e. The van der Waals surface area contributed by atoms with Gasteiger partial charge < -0.3 is 14.8 Å². The third kappa shape index (κ3) is 5.02. The Bertz CT molecular complexity index is 1140. The monoisotopic (exact) mass is 441 g/mol. The first-order valence-electron chi connectivity index (χ1n) is 10.0. The molecule has 7 nitrogen and oxygen atoms in total. The van der Waals surface area contributed by atoms with E-state index in [1.807, 2.05) is 13.0 Å². The van der Waals surface area contributed by atoms with Crippen LogP contribution in [0.25, 0.3) is 16.6 Å². The van der Waals surface area contributed by atoms with E-state index in [9.17, 15) is 9.59 Å². The molecule has 8 heteroatoms. The van der Waals surface area contributed by atoms with Gasteiger partial charge in [0, 0.05) is 12.1 Å². The van der Waals surface area contributed by atoms with Crippen molar-refractivity contribution < 1.29 is 14.3 Å². The van der Waals surface area contributed by atoms with Gasteiger partial charge in [-0.2, -0.15) is 0 Å². The number of fused-ring (bicyclic) bond motifs is 1. The zero-order valence-electron chi connectivity index (χ0n) is 18.3. The summed E-state index contributed by atoms with van der Waals surface area (Å²) < 4.78 is 12.3. The zero-order valence-corrected chi connectivity index (χ0v) is 19.2. The topological polar surface area (TPSA) is 82.4 Å². The van der Waals surface area contributed by atoms with Gasteiger partial charge in [-0.1, -0.05) is 37.7 Å². The van der Waals surface area contributed by atoms with Crippen molar-refractivity contribution in [1.82, 2.24) is 14.9 Å². The van der Waals surface area contributed by atoms with E-state index in [1.165, 1.54) is 16.3 Å². The number of para-hydroxylation sites is 1. The fourth-order valence-electron chi connectivity index (χ4n) is 2.99. The average Bonchev–Trinajstić information content (AvgIpc) is 2.77. The van der Waals surface area contributed by atoms with Gasteiger partial charge >= 0.3 is 0 Å². The van der Waals surface area contributed by atoms with Crippen LogP contribution in [0.5, 0.6) is 11.5 Å². The molecule has 0 unspecified atom stereocenters. The molecule has 0 spiro atoms. The number of rotatable bonds is 8. The van der Waals surface area contributed by atoms with Crippen molar-refractivity contribution >= 4 is 28.6 Å². The highest BCUT2D eigenvalue weighted by molar-refractivity contribution is 7.99. The van der Waals surface area contributed by atoms with Crippen LogP contribution in [-0.4, -0.2) is 41.5 Å². The highest BCUT2D eigenvalue weighted by Gasteiger charge is 2.19. The number of benzene rings is 2. The van der Waals surface area contributed by atoms with E-state index in [1.54, 1.807) is 50.6 Å². The number of methoxy groups -OCH3 is 2. The third-order valence-corrected chi connectivity index (χ3v) is 6.03. The molecule has 0 saturated heterocycles. The molecule has 1 atom stereocenters. The van der Waals surface area contributed by atoms with Gasteiger partial charge in [0.1, 0.15) is 11.5 Å². The van der Waals surface area contributed by atoms with Gasteiger partial charge in [0.05, 0.1) is 36.6 Å². The molecule has 0 radical (unpaired) electrons. The standard InChI is InChI=1S/C23H27N3O4S/c1-14(2)15(3)24-21(27)13-31-23-25-18-9-7-6-8-17(18)22(28)26(23)19-12-16(29-4)10-11-20(19)30-5/h6-12,14-15H,13H2,1-5H3,(H,24,27)/t15-/m0/s1. The number of carbonyl (C=O) groups excluding carboxylic acids is 1. The Morgan fingerprint density at radius 1 is 1.13 bits per heavy atom. The molecule has 0 aliphatic carbocycles. The van der Waals surface area contributed by atoms with Crippen molar-refractivity contribution in [3.63, 3.8) is 0 Å². The number of carbonyl (C=O) groups is 1. The second-order valence-corrected chi connectivity index (χ2v) is 8.42. The van der Waals surface area contributed by atoms with Gasteiger partial charge in [0.15, 0.2) is 5.16 Å². The smallest absolute Gasteiger partial charge is 0.266 e. The summed E-state index contributed by atoms with van der Waals surface area (Å²) in [5.74, 6) is 1.42. The number of amides is 1. The van der Waals surface area contributed by atoms with Crippen LogP contribution in [0.2, 0.25) is 0 Å². The van der Waals surface area contributed by atoms with E-state index >= 15 is 0 Å². The molecule has 0 aliphatic heterocycles. The largest absolute Gasteiger partial charge is 0.497 e.